The van der Waals surface area contributed by atoms with Gasteiger partial charge in [0.25, 0.3) is 0 Å². The predicted molar refractivity (Wildman–Crippen MR) is 94.0 cm³/mol. The molecule has 0 amide bonds. The van der Waals surface area contributed by atoms with Crippen LogP contribution in [0.4, 0.5) is 11.5 Å². The summed E-state index contributed by atoms with van der Waals surface area (Å²) in [6.07, 6.45) is 1.75. The first kappa shape index (κ1) is 14.9. The quantitative estimate of drug-likeness (QED) is 0.769. The minimum Gasteiger partial charge on any atom is -0.489 e. The SMILES string of the molecule is Cc1c(-c2ccc(OCc3ccccc3)cc2)cnc(N)c1N. The molecule has 0 aliphatic heterocycles. The summed E-state index contributed by atoms with van der Waals surface area (Å²) in [7, 11) is 0. The van der Waals surface area contributed by atoms with E-state index in [1.54, 1.807) is 6.20 Å². The van der Waals surface area contributed by atoms with E-state index in [1.807, 2.05) is 61.5 Å². The number of pyridine rings is 1. The van der Waals surface area contributed by atoms with Crippen molar-refractivity contribution in [3.05, 3.63) is 71.9 Å². The average molecular weight is 305 g/mol. The molecule has 116 valence electrons. The number of anilines is 2. The summed E-state index contributed by atoms with van der Waals surface area (Å²) in [6.45, 7) is 2.50. The molecule has 0 bridgehead atoms. The summed E-state index contributed by atoms with van der Waals surface area (Å²) < 4.78 is 5.80. The molecule has 0 spiro atoms. The molecule has 4 heteroatoms. The van der Waals surface area contributed by atoms with Gasteiger partial charge in [-0.1, -0.05) is 42.5 Å². The molecule has 0 saturated carbocycles. The lowest BCUT2D eigenvalue weighted by molar-refractivity contribution is 0.306. The van der Waals surface area contributed by atoms with Crippen molar-refractivity contribution in [1.82, 2.24) is 4.98 Å². The molecule has 0 radical (unpaired) electrons. The van der Waals surface area contributed by atoms with Gasteiger partial charge in [-0.3, -0.25) is 0 Å². The number of benzene rings is 2. The molecule has 2 aromatic carbocycles. The molecule has 0 unspecified atom stereocenters. The summed E-state index contributed by atoms with van der Waals surface area (Å²) >= 11 is 0. The maximum absolute atomic E-state index is 5.95. The summed E-state index contributed by atoms with van der Waals surface area (Å²) in [5.41, 5.74) is 16.3. The first-order valence-corrected chi connectivity index (χ1v) is 7.43. The minimum atomic E-state index is 0.370. The van der Waals surface area contributed by atoms with Gasteiger partial charge in [0.05, 0.1) is 5.69 Å². The zero-order valence-electron chi connectivity index (χ0n) is 13.0. The maximum atomic E-state index is 5.95. The molecular weight excluding hydrogens is 286 g/mol. The predicted octanol–water partition coefficient (Wildman–Crippen LogP) is 3.80. The van der Waals surface area contributed by atoms with Crippen LogP contribution >= 0.6 is 0 Å². The van der Waals surface area contributed by atoms with E-state index in [4.69, 9.17) is 16.2 Å². The van der Waals surface area contributed by atoms with Gasteiger partial charge in [-0.05, 0) is 35.7 Å². The van der Waals surface area contributed by atoms with E-state index in [2.05, 4.69) is 4.98 Å². The van der Waals surface area contributed by atoms with E-state index in [9.17, 15) is 0 Å². The molecule has 4 nitrogen and oxygen atoms in total. The Bertz CT molecular complexity index is 799. The normalized spacial score (nSPS) is 10.5. The molecule has 0 aliphatic carbocycles. The summed E-state index contributed by atoms with van der Waals surface area (Å²) in [5, 5.41) is 0. The standard InChI is InChI=1S/C19H19N3O/c1-13-17(11-22-19(21)18(13)20)15-7-9-16(10-8-15)23-12-14-5-3-2-4-6-14/h2-11H,12,20H2,1H3,(H2,21,22). The lowest BCUT2D eigenvalue weighted by atomic mass is 10.0. The van der Waals surface area contributed by atoms with E-state index in [0.29, 0.717) is 18.1 Å². The summed E-state index contributed by atoms with van der Waals surface area (Å²) in [4.78, 5) is 4.14. The van der Waals surface area contributed by atoms with Crippen LogP contribution in [0, 0.1) is 6.92 Å². The van der Waals surface area contributed by atoms with Crippen molar-refractivity contribution in [3.8, 4) is 16.9 Å². The Morgan fingerprint density at radius 3 is 2.35 bits per heavy atom. The van der Waals surface area contributed by atoms with Crippen LogP contribution in [-0.2, 0) is 6.61 Å². The van der Waals surface area contributed by atoms with Crippen molar-refractivity contribution in [2.45, 2.75) is 13.5 Å². The molecule has 0 aliphatic rings. The average Bonchev–Trinajstić information content (AvgIpc) is 2.60. The monoisotopic (exact) mass is 305 g/mol. The van der Waals surface area contributed by atoms with Gasteiger partial charge in [0.2, 0.25) is 0 Å². The fourth-order valence-electron chi connectivity index (χ4n) is 2.40. The lowest BCUT2D eigenvalue weighted by Crippen LogP contribution is -2.01. The van der Waals surface area contributed by atoms with Crippen molar-refractivity contribution in [3.63, 3.8) is 0 Å². The third kappa shape index (κ3) is 3.26. The number of nitrogens with two attached hydrogens (primary N) is 2. The van der Waals surface area contributed by atoms with Gasteiger partial charge in [-0.15, -0.1) is 0 Å². The maximum Gasteiger partial charge on any atom is 0.146 e. The molecule has 1 aromatic heterocycles. The molecule has 4 N–H and O–H groups in total. The van der Waals surface area contributed by atoms with E-state index < -0.39 is 0 Å². The van der Waals surface area contributed by atoms with Crippen LogP contribution < -0.4 is 16.2 Å². The molecule has 3 aromatic rings. The fourth-order valence-corrected chi connectivity index (χ4v) is 2.40. The Kier molecular flexibility index (Phi) is 4.15. The van der Waals surface area contributed by atoms with Crippen LogP contribution in [0.25, 0.3) is 11.1 Å². The molecule has 0 atom stereocenters. The number of nitrogens with zero attached hydrogens (tertiary/aromatic N) is 1. The van der Waals surface area contributed by atoms with Gasteiger partial charge in [0.1, 0.15) is 18.2 Å². The summed E-state index contributed by atoms with van der Waals surface area (Å²) in [5.74, 6) is 1.20. The van der Waals surface area contributed by atoms with Crippen LogP contribution in [0.2, 0.25) is 0 Å². The number of rotatable bonds is 4. The fraction of sp³-hybridized carbons (Fsp3) is 0.105. The third-order valence-corrected chi connectivity index (χ3v) is 3.83. The van der Waals surface area contributed by atoms with Gasteiger partial charge >= 0.3 is 0 Å². The molecule has 0 fully saturated rings. The van der Waals surface area contributed by atoms with Gasteiger partial charge in [-0.2, -0.15) is 0 Å². The van der Waals surface area contributed by atoms with E-state index in [0.717, 1.165) is 28.0 Å². The van der Waals surface area contributed by atoms with Gasteiger partial charge in [-0.25, -0.2) is 4.98 Å². The highest BCUT2D eigenvalue weighted by Gasteiger charge is 2.08. The van der Waals surface area contributed by atoms with Crippen LogP contribution in [0.3, 0.4) is 0 Å². The number of hydrogen-bond donors (Lipinski definition) is 2. The molecule has 0 saturated heterocycles. The van der Waals surface area contributed by atoms with Crippen LogP contribution in [-0.4, -0.2) is 4.98 Å². The highest BCUT2D eigenvalue weighted by molar-refractivity contribution is 5.77. The van der Waals surface area contributed by atoms with Gasteiger partial charge in [0, 0.05) is 11.8 Å². The third-order valence-electron chi connectivity index (χ3n) is 3.83. The first-order valence-electron chi connectivity index (χ1n) is 7.43. The lowest BCUT2D eigenvalue weighted by Gasteiger charge is -2.11. The van der Waals surface area contributed by atoms with Crippen molar-refractivity contribution in [2.24, 2.45) is 0 Å². The molecule has 3 rings (SSSR count). The second-order valence-corrected chi connectivity index (χ2v) is 5.39. The number of aromatic nitrogens is 1. The largest absolute Gasteiger partial charge is 0.489 e. The second-order valence-electron chi connectivity index (χ2n) is 5.39. The van der Waals surface area contributed by atoms with Gasteiger partial charge in [0.15, 0.2) is 0 Å². The molecular formula is C19H19N3O. The van der Waals surface area contributed by atoms with Crippen molar-refractivity contribution in [1.29, 1.82) is 0 Å². The zero-order chi connectivity index (χ0) is 16.2. The number of hydrogen-bond acceptors (Lipinski definition) is 4. The number of ether oxygens (including phenoxy) is 1. The number of nitrogen functional groups attached to an aromatic ring is 2. The van der Waals surface area contributed by atoms with E-state index in [-0.39, 0.29) is 0 Å². The van der Waals surface area contributed by atoms with E-state index in [1.165, 1.54) is 0 Å². The Morgan fingerprint density at radius 2 is 1.65 bits per heavy atom. The van der Waals surface area contributed by atoms with Crippen molar-refractivity contribution >= 4 is 11.5 Å². The Balaban J connectivity index is 1.76. The smallest absolute Gasteiger partial charge is 0.146 e. The summed E-state index contributed by atoms with van der Waals surface area (Å²) in [6, 6.07) is 18.0. The Labute approximate surface area is 135 Å². The van der Waals surface area contributed by atoms with Crippen LogP contribution in [0.1, 0.15) is 11.1 Å². The van der Waals surface area contributed by atoms with E-state index >= 15 is 0 Å². The topological polar surface area (TPSA) is 74.2 Å². The van der Waals surface area contributed by atoms with Gasteiger partial charge < -0.3 is 16.2 Å². The Morgan fingerprint density at radius 1 is 0.957 bits per heavy atom. The zero-order valence-corrected chi connectivity index (χ0v) is 13.0. The van der Waals surface area contributed by atoms with Crippen LogP contribution in [0.15, 0.2) is 60.8 Å². The van der Waals surface area contributed by atoms with Crippen molar-refractivity contribution < 1.29 is 4.74 Å². The van der Waals surface area contributed by atoms with Crippen LogP contribution in [0.5, 0.6) is 5.75 Å². The highest BCUT2D eigenvalue weighted by Crippen LogP contribution is 2.30. The molecule has 1 heterocycles. The Hall–Kier alpha value is -3.01. The second kappa shape index (κ2) is 6.40. The first-order chi connectivity index (χ1) is 11.1. The minimum absolute atomic E-state index is 0.370. The molecule has 23 heavy (non-hydrogen) atoms. The van der Waals surface area contributed by atoms with Crippen molar-refractivity contribution in [2.75, 3.05) is 11.5 Å². The highest BCUT2D eigenvalue weighted by atomic mass is 16.5.